The lowest BCUT2D eigenvalue weighted by Gasteiger charge is -2.35. The number of ether oxygens (including phenoxy) is 1. The van der Waals surface area contributed by atoms with E-state index >= 15 is 0 Å². The van der Waals surface area contributed by atoms with Gasteiger partial charge in [0.05, 0.1) is 23.0 Å². The minimum absolute atomic E-state index is 0.0274. The van der Waals surface area contributed by atoms with Crippen LogP contribution < -0.4 is 5.32 Å². The Balaban J connectivity index is 1.80. The summed E-state index contributed by atoms with van der Waals surface area (Å²) in [7, 11) is 0. The van der Waals surface area contributed by atoms with Gasteiger partial charge in [0.2, 0.25) is 0 Å². The Bertz CT molecular complexity index is 1020. The maximum absolute atomic E-state index is 12.9. The quantitative estimate of drug-likeness (QED) is 0.558. The summed E-state index contributed by atoms with van der Waals surface area (Å²) < 4.78 is 6.15. The van der Waals surface area contributed by atoms with Gasteiger partial charge in [-0.25, -0.2) is 9.78 Å². The number of benzene rings is 1. The van der Waals surface area contributed by atoms with Crippen LogP contribution in [0.5, 0.6) is 0 Å². The van der Waals surface area contributed by atoms with E-state index in [4.69, 9.17) is 9.84 Å². The SMILES string of the molecule is CCC1CN(C(=O)Nc2ccccc2)C(C)=C(C=C(C)c2ccc(SCC(=O)O)nc2)O1. The third kappa shape index (κ3) is 6.13. The molecule has 2 aromatic rings. The van der Waals surface area contributed by atoms with Crippen molar-refractivity contribution in [3.8, 4) is 0 Å². The van der Waals surface area contributed by atoms with Crippen molar-refractivity contribution in [1.82, 2.24) is 9.88 Å². The molecule has 168 valence electrons. The zero-order valence-corrected chi connectivity index (χ0v) is 19.2. The lowest BCUT2D eigenvalue weighted by Crippen LogP contribution is -2.43. The van der Waals surface area contributed by atoms with E-state index in [2.05, 4.69) is 10.3 Å². The van der Waals surface area contributed by atoms with Crippen LogP contribution in [0.4, 0.5) is 10.5 Å². The molecule has 0 saturated heterocycles. The van der Waals surface area contributed by atoms with E-state index in [0.29, 0.717) is 17.3 Å². The van der Waals surface area contributed by atoms with Crippen LogP contribution in [0.1, 0.15) is 32.8 Å². The number of amides is 2. The Hall–Kier alpha value is -3.26. The average Bonchev–Trinajstić information content (AvgIpc) is 2.79. The number of thioether (sulfide) groups is 1. The second-order valence-corrected chi connectivity index (χ2v) is 8.40. The second-order valence-electron chi connectivity index (χ2n) is 7.40. The number of urea groups is 1. The Morgan fingerprint density at radius 2 is 2.03 bits per heavy atom. The van der Waals surface area contributed by atoms with Crippen molar-refractivity contribution in [2.24, 2.45) is 0 Å². The fraction of sp³-hybridized carbons (Fsp3) is 0.292. The zero-order chi connectivity index (χ0) is 23.1. The number of para-hydroxylation sites is 1. The lowest BCUT2D eigenvalue weighted by molar-refractivity contribution is -0.133. The summed E-state index contributed by atoms with van der Waals surface area (Å²) in [6.07, 6.45) is 4.30. The Labute approximate surface area is 192 Å². The maximum atomic E-state index is 12.9. The van der Waals surface area contributed by atoms with Crippen LogP contribution >= 0.6 is 11.8 Å². The zero-order valence-electron chi connectivity index (χ0n) is 18.4. The molecule has 1 aliphatic rings. The third-order valence-corrected chi connectivity index (χ3v) is 5.98. The highest BCUT2D eigenvalue weighted by Crippen LogP contribution is 2.27. The molecule has 32 heavy (non-hydrogen) atoms. The molecule has 0 aliphatic carbocycles. The van der Waals surface area contributed by atoms with Crippen molar-refractivity contribution in [3.05, 3.63) is 71.8 Å². The largest absolute Gasteiger partial charge is 0.487 e. The predicted molar refractivity (Wildman–Crippen MR) is 126 cm³/mol. The number of pyridine rings is 1. The van der Waals surface area contributed by atoms with Crippen molar-refractivity contribution in [3.63, 3.8) is 0 Å². The van der Waals surface area contributed by atoms with E-state index in [9.17, 15) is 9.59 Å². The molecule has 1 atom stereocenters. The number of aliphatic carboxylic acids is 1. The Morgan fingerprint density at radius 3 is 2.66 bits per heavy atom. The molecule has 1 aliphatic heterocycles. The standard InChI is InChI=1S/C24H27N3O4S/c1-4-20-14-27(24(30)26-19-8-6-5-7-9-19)17(3)21(31-20)12-16(2)18-10-11-22(25-13-18)32-15-23(28)29/h5-13,20H,4,14-15H2,1-3H3,(H,26,30)(H,28,29). The molecule has 7 nitrogen and oxygen atoms in total. The first-order valence-electron chi connectivity index (χ1n) is 10.4. The number of nitrogens with one attached hydrogen (secondary N) is 1. The van der Waals surface area contributed by atoms with Crippen LogP contribution in [0, 0.1) is 0 Å². The van der Waals surface area contributed by atoms with Gasteiger partial charge < -0.3 is 15.2 Å². The van der Waals surface area contributed by atoms with Gasteiger partial charge in [0.25, 0.3) is 0 Å². The molecule has 0 radical (unpaired) electrons. The summed E-state index contributed by atoms with van der Waals surface area (Å²) in [5.74, 6) is -0.256. The van der Waals surface area contributed by atoms with Gasteiger partial charge in [-0.2, -0.15) is 0 Å². The highest BCUT2D eigenvalue weighted by molar-refractivity contribution is 7.99. The van der Waals surface area contributed by atoms with E-state index in [1.165, 1.54) is 11.8 Å². The van der Waals surface area contributed by atoms with Gasteiger partial charge in [-0.1, -0.05) is 43.0 Å². The molecule has 2 amide bonds. The van der Waals surface area contributed by atoms with Crippen molar-refractivity contribution in [2.75, 3.05) is 17.6 Å². The molecule has 1 aromatic carbocycles. The molecule has 2 heterocycles. The van der Waals surface area contributed by atoms with Crippen LogP contribution in [-0.2, 0) is 9.53 Å². The average molecular weight is 454 g/mol. The first kappa shape index (κ1) is 23.4. The van der Waals surface area contributed by atoms with Crippen molar-refractivity contribution in [1.29, 1.82) is 0 Å². The summed E-state index contributed by atoms with van der Waals surface area (Å²) >= 11 is 1.18. The van der Waals surface area contributed by atoms with Crippen LogP contribution in [0.3, 0.4) is 0 Å². The van der Waals surface area contributed by atoms with E-state index < -0.39 is 5.97 Å². The van der Waals surface area contributed by atoms with Gasteiger partial charge in [-0.3, -0.25) is 9.69 Å². The molecule has 2 N–H and O–H groups in total. The highest BCUT2D eigenvalue weighted by atomic mass is 32.2. The van der Waals surface area contributed by atoms with Crippen LogP contribution in [0.2, 0.25) is 0 Å². The van der Waals surface area contributed by atoms with Crippen molar-refractivity contribution < 1.29 is 19.4 Å². The van der Waals surface area contributed by atoms with E-state index in [-0.39, 0.29) is 17.9 Å². The van der Waals surface area contributed by atoms with Crippen LogP contribution in [-0.4, -0.2) is 45.4 Å². The molecule has 8 heteroatoms. The topological polar surface area (TPSA) is 91.8 Å². The number of rotatable bonds is 7. The van der Waals surface area contributed by atoms with Gasteiger partial charge in [-0.05, 0) is 55.7 Å². The smallest absolute Gasteiger partial charge is 0.326 e. The van der Waals surface area contributed by atoms with E-state index in [0.717, 1.165) is 28.9 Å². The second kappa shape index (κ2) is 10.9. The third-order valence-electron chi connectivity index (χ3n) is 5.05. The molecule has 0 spiro atoms. The first-order chi connectivity index (χ1) is 15.4. The molecule has 0 bridgehead atoms. The monoisotopic (exact) mass is 453 g/mol. The first-order valence-corrected chi connectivity index (χ1v) is 11.4. The molecule has 0 fully saturated rings. The summed E-state index contributed by atoms with van der Waals surface area (Å²) in [5, 5.41) is 12.4. The van der Waals surface area contributed by atoms with Crippen molar-refractivity contribution in [2.45, 2.75) is 38.3 Å². The summed E-state index contributed by atoms with van der Waals surface area (Å²) in [4.78, 5) is 29.7. The van der Waals surface area contributed by atoms with Gasteiger partial charge >= 0.3 is 12.0 Å². The maximum Gasteiger partial charge on any atom is 0.326 e. The van der Waals surface area contributed by atoms with Gasteiger partial charge in [-0.15, -0.1) is 0 Å². The van der Waals surface area contributed by atoms with E-state index in [1.807, 2.05) is 63.2 Å². The van der Waals surface area contributed by atoms with Gasteiger partial charge in [0.15, 0.2) is 0 Å². The van der Waals surface area contributed by atoms with Crippen LogP contribution in [0.15, 0.2) is 71.2 Å². The molecule has 1 unspecified atom stereocenters. The van der Waals surface area contributed by atoms with Crippen LogP contribution in [0.25, 0.3) is 5.57 Å². The molecular weight excluding hydrogens is 426 g/mol. The number of allylic oxidation sites excluding steroid dienone is 3. The van der Waals surface area contributed by atoms with Gasteiger partial charge in [0.1, 0.15) is 11.9 Å². The number of hydrogen-bond acceptors (Lipinski definition) is 5. The highest BCUT2D eigenvalue weighted by Gasteiger charge is 2.28. The molecule has 0 saturated carbocycles. The summed E-state index contributed by atoms with van der Waals surface area (Å²) in [5.41, 5.74) is 3.31. The number of hydrogen-bond donors (Lipinski definition) is 2. The Morgan fingerprint density at radius 1 is 1.28 bits per heavy atom. The number of carboxylic acid groups (broad SMARTS) is 1. The molecule has 3 rings (SSSR count). The number of carbonyl (C=O) groups is 2. The fourth-order valence-electron chi connectivity index (χ4n) is 3.19. The normalized spacial score (nSPS) is 16.5. The number of carboxylic acids is 1. The van der Waals surface area contributed by atoms with Gasteiger partial charge in [0, 0.05) is 11.9 Å². The number of nitrogens with zero attached hydrogens (tertiary/aromatic N) is 2. The van der Waals surface area contributed by atoms with Crippen molar-refractivity contribution >= 4 is 35.0 Å². The Kier molecular flexibility index (Phi) is 7.94. The van der Waals surface area contributed by atoms with E-state index in [1.54, 1.807) is 17.2 Å². The molecular formula is C24H27N3O4S. The number of anilines is 1. The number of aromatic nitrogens is 1. The molecule has 1 aromatic heterocycles. The summed E-state index contributed by atoms with van der Waals surface area (Å²) in [6.45, 7) is 6.34. The predicted octanol–water partition coefficient (Wildman–Crippen LogP) is 5.24. The lowest BCUT2D eigenvalue weighted by atomic mass is 10.1. The minimum atomic E-state index is -0.875. The minimum Gasteiger partial charge on any atom is -0.487 e. The number of carbonyl (C=O) groups excluding carboxylic acids is 1. The fourth-order valence-corrected chi connectivity index (χ4v) is 3.75. The summed E-state index contributed by atoms with van der Waals surface area (Å²) in [6, 6.07) is 12.9.